The molecule has 0 N–H and O–H groups in total. The number of methoxy groups -OCH3 is 2. The fraction of sp³-hybridized carbons (Fsp3) is 0.500. The molecular formula is C16H21NO4. The SMILES string of the molecule is COCC(=O)C1CC(=O)N([C@@H](C)c2ccc(OC)cc2)C1. The molecule has 1 saturated heterocycles. The third-order valence-corrected chi connectivity index (χ3v) is 3.97. The van der Waals surface area contributed by atoms with Crippen molar-refractivity contribution in [1.82, 2.24) is 4.90 Å². The molecule has 5 heteroatoms. The van der Waals surface area contributed by atoms with Crippen LogP contribution in [0.25, 0.3) is 0 Å². The summed E-state index contributed by atoms with van der Waals surface area (Å²) in [6, 6.07) is 7.59. The monoisotopic (exact) mass is 291 g/mol. The second-order valence-corrected chi connectivity index (χ2v) is 5.30. The molecule has 0 bridgehead atoms. The Morgan fingerprint density at radius 1 is 1.33 bits per heavy atom. The van der Waals surface area contributed by atoms with Gasteiger partial charge in [-0.05, 0) is 24.6 Å². The van der Waals surface area contributed by atoms with Crippen LogP contribution in [-0.2, 0) is 14.3 Å². The van der Waals surface area contributed by atoms with Crippen LogP contribution in [0.5, 0.6) is 5.75 Å². The highest BCUT2D eigenvalue weighted by molar-refractivity contribution is 5.91. The minimum Gasteiger partial charge on any atom is -0.497 e. The standard InChI is InChI=1S/C16H21NO4/c1-11(12-4-6-14(21-3)7-5-12)17-9-13(8-16(17)19)15(18)10-20-2/h4-7,11,13H,8-10H2,1-3H3/t11-,13?/m0/s1. The van der Waals surface area contributed by atoms with Crippen LogP contribution >= 0.6 is 0 Å². The number of rotatable bonds is 6. The van der Waals surface area contributed by atoms with Gasteiger partial charge in [-0.25, -0.2) is 0 Å². The lowest BCUT2D eigenvalue weighted by atomic mass is 10.0. The van der Waals surface area contributed by atoms with Crippen molar-refractivity contribution in [3.05, 3.63) is 29.8 Å². The Balaban J connectivity index is 2.06. The van der Waals surface area contributed by atoms with E-state index in [1.54, 1.807) is 12.0 Å². The van der Waals surface area contributed by atoms with Crippen LogP contribution in [0.4, 0.5) is 0 Å². The molecule has 1 aliphatic heterocycles. The normalized spacial score (nSPS) is 19.7. The van der Waals surface area contributed by atoms with E-state index in [-0.39, 0.29) is 36.7 Å². The summed E-state index contributed by atoms with van der Waals surface area (Å²) >= 11 is 0. The lowest BCUT2D eigenvalue weighted by Gasteiger charge is -2.25. The van der Waals surface area contributed by atoms with Gasteiger partial charge >= 0.3 is 0 Å². The molecule has 1 fully saturated rings. The van der Waals surface area contributed by atoms with Gasteiger partial charge in [0.2, 0.25) is 5.91 Å². The second-order valence-electron chi connectivity index (χ2n) is 5.30. The first-order valence-corrected chi connectivity index (χ1v) is 7.02. The minimum absolute atomic E-state index is 0.00437. The van der Waals surface area contributed by atoms with Gasteiger partial charge in [0, 0.05) is 26.0 Å². The Hall–Kier alpha value is -1.88. The van der Waals surface area contributed by atoms with Gasteiger partial charge in [0.1, 0.15) is 12.4 Å². The number of benzene rings is 1. The summed E-state index contributed by atoms with van der Waals surface area (Å²) < 4.78 is 10.00. The number of carbonyl (C=O) groups excluding carboxylic acids is 2. The van der Waals surface area contributed by atoms with Crippen LogP contribution in [0.1, 0.15) is 24.9 Å². The molecule has 5 nitrogen and oxygen atoms in total. The summed E-state index contributed by atoms with van der Waals surface area (Å²) in [5, 5.41) is 0. The van der Waals surface area contributed by atoms with E-state index >= 15 is 0 Å². The first kappa shape index (κ1) is 15.5. The zero-order chi connectivity index (χ0) is 15.4. The summed E-state index contributed by atoms with van der Waals surface area (Å²) in [6.45, 7) is 2.51. The van der Waals surface area contributed by atoms with E-state index in [2.05, 4.69) is 0 Å². The van der Waals surface area contributed by atoms with E-state index in [1.165, 1.54) is 7.11 Å². The Kier molecular flexibility index (Phi) is 4.96. The number of likely N-dealkylation sites (tertiary alicyclic amines) is 1. The Labute approximate surface area is 124 Å². The molecule has 114 valence electrons. The highest BCUT2D eigenvalue weighted by atomic mass is 16.5. The number of hydrogen-bond donors (Lipinski definition) is 0. The van der Waals surface area contributed by atoms with Crippen LogP contribution in [-0.4, -0.2) is 44.0 Å². The maximum Gasteiger partial charge on any atom is 0.223 e. The van der Waals surface area contributed by atoms with Gasteiger partial charge in [-0.1, -0.05) is 12.1 Å². The topological polar surface area (TPSA) is 55.8 Å². The highest BCUT2D eigenvalue weighted by Gasteiger charge is 2.36. The predicted octanol–water partition coefficient (Wildman–Crippen LogP) is 1.82. The smallest absolute Gasteiger partial charge is 0.223 e. The molecule has 0 spiro atoms. The van der Waals surface area contributed by atoms with Crippen LogP contribution in [0.3, 0.4) is 0 Å². The average Bonchev–Trinajstić information content (AvgIpc) is 2.89. The lowest BCUT2D eigenvalue weighted by molar-refractivity contribution is -0.130. The largest absolute Gasteiger partial charge is 0.497 e. The average molecular weight is 291 g/mol. The van der Waals surface area contributed by atoms with Crippen molar-refractivity contribution >= 4 is 11.7 Å². The third kappa shape index (κ3) is 3.42. The summed E-state index contributed by atoms with van der Waals surface area (Å²) in [5.41, 5.74) is 1.03. The number of Topliss-reactive ketones (excluding diaryl/α,β-unsaturated/α-hetero) is 1. The molecule has 1 amide bonds. The first-order valence-electron chi connectivity index (χ1n) is 7.02. The van der Waals surface area contributed by atoms with E-state index in [9.17, 15) is 9.59 Å². The van der Waals surface area contributed by atoms with Crippen LogP contribution in [0.15, 0.2) is 24.3 Å². The second kappa shape index (κ2) is 6.72. The molecule has 0 aliphatic carbocycles. The molecule has 2 atom stereocenters. The van der Waals surface area contributed by atoms with E-state index in [0.717, 1.165) is 11.3 Å². The highest BCUT2D eigenvalue weighted by Crippen LogP contribution is 2.29. The zero-order valence-corrected chi connectivity index (χ0v) is 12.7. The number of amides is 1. The van der Waals surface area contributed by atoms with Crippen molar-refractivity contribution < 1.29 is 19.1 Å². The van der Waals surface area contributed by atoms with E-state index in [4.69, 9.17) is 9.47 Å². The summed E-state index contributed by atoms with van der Waals surface area (Å²) in [6.07, 6.45) is 0.280. The Bertz CT molecular complexity index is 512. The van der Waals surface area contributed by atoms with Crippen molar-refractivity contribution in [3.8, 4) is 5.75 Å². The Morgan fingerprint density at radius 3 is 2.57 bits per heavy atom. The van der Waals surface area contributed by atoms with Gasteiger partial charge in [0.25, 0.3) is 0 Å². The number of nitrogens with zero attached hydrogens (tertiary/aromatic N) is 1. The van der Waals surface area contributed by atoms with Gasteiger partial charge in [0.05, 0.1) is 13.2 Å². The van der Waals surface area contributed by atoms with Crippen LogP contribution < -0.4 is 4.74 Å². The summed E-state index contributed by atoms with van der Waals surface area (Å²) in [7, 11) is 3.11. The van der Waals surface area contributed by atoms with E-state index in [1.807, 2.05) is 31.2 Å². The van der Waals surface area contributed by atoms with Crippen molar-refractivity contribution in [2.45, 2.75) is 19.4 Å². The summed E-state index contributed by atoms with van der Waals surface area (Å²) in [5.74, 6) is 0.549. The molecular weight excluding hydrogens is 270 g/mol. The number of carbonyl (C=O) groups is 2. The predicted molar refractivity (Wildman–Crippen MR) is 78.1 cm³/mol. The maximum absolute atomic E-state index is 12.1. The van der Waals surface area contributed by atoms with Crippen molar-refractivity contribution in [3.63, 3.8) is 0 Å². The number of hydrogen-bond acceptors (Lipinski definition) is 4. The van der Waals surface area contributed by atoms with Gasteiger partial charge in [-0.15, -0.1) is 0 Å². The lowest BCUT2D eigenvalue weighted by Crippen LogP contribution is -2.29. The molecule has 0 radical (unpaired) electrons. The molecule has 2 rings (SSSR count). The number of ether oxygens (including phenoxy) is 2. The fourth-order valence-electron chi connectivity index (χ4n) is 2.64. The Morgan fingerprint density at radius 2 is 2.00 bits per heavy atom. The quantitative estimate of drug-likeness (QED) is 0.802. The third-order valence-electron chi connectivity index (χ3n) is 3.97. The molecule has 0 aromatic heterocycles. The van der Waals surface area contributed by atoms with Crippen molar-refractivity contribution in [2.75, 3.05) is 27.4 Å². The fourth-order valence-corrected chi connectivity index (χ4v) is 2.64. The molecule has 1 unspecified atom stereocenters. The first-order chi connectivity index (χ1) is 10.1. The van der Waals surface area contributed by atoms with Crippen molar-refractivity contribution in [2.24, 2.45) is 5.92 Å². The van der Waals surface area contributed by atoms with E-state index < -0.39 is 0 Å². The van der Waals surface area contributed by atoms with Crippen molar-refractivity contribution in [1.29, 1.82) is 0 Å². The minimum atomic E-state index is -0.252. The number of ketones is 1. The van der Waals surface area contributed by atoms with Gasteiger partial charge in [0.15, 0.2) is 5.78 Å². The molecule has 0 saturated carbocycles. The maximum atomic E-state index is 12.1. The molecule has 1 aromatic rings. The summed E-state index contributed by atoms with van der Waals surface area (Å²) in [4.78, 5) is 25.8. The van der Waals surface area contributed by atoms with E-state index in [0.29, 0.717) is 6.54 Å². The van der Waals surface area contributed by atoms with Crippen LogP contribution in [0, 0.1) is 5.92 Å². The molecule has 1 aliphatic rings. The zero-order valence-electron chi connectivity index (χ0n) is 12.7. The molecule has 1 aromatic carbocycles. The molecule has 21 heavy (non-hydrogen) atoms. The van der Waals surface area contributed by atoms with Crippen LogP contribution in [0.2, 0.25) is 0 Å². The van der Waals surface area contributed by atoms with Gasteiger partial charge in [-0.3, -0.25) is 9.59 Å². The van der Waals surface area contributed by atoms with Gasteiger partial charge in [-0.2, -0.15) is 0 Å². The molecule has 1 heterocycles. The van der Waals surface area contributed by atoms with Gasteiger partial charge < -0.3 is 14.4 Å².